The molecule has 6 heteroatoms. The van der Waals surface area contributed by atoms with Crippen molar-refractivity contribution in [3.8, 4) is 0 Å². The molecular weight excluding hydrogens is 404 g/mol. The van der Waals surface area contributed by atoms with Crippen LogP contribution in [0.25, 0.3) is 0 Å². The molecule has 0 aromatic heterocycles. The highest BCUT2D eigenvalue weighted by Crippen LogP contribution is 2.20. The van der Waals surface area contributed by atoms with Gasteiger partial charge in [0.25, 0.3) is 0 Å². The molecule has 0 radical (unpaired) electrons. The van der Waals surface area contributed by atoms with E-state index >= 15 is 0 Å². The molecule has 1 N–H and O–H groups in total. The molecule has 4 nitrogen and oxygen atoms in total. The van der Waals surface area contributed by atoms with Crippen molar-refractivity contribution < 1.29 is 19.4 Å². The summed E-state index contributed by atoms with van der Waals surface area (Å²) in [6.07, 6.45) is 12.2. The van der Waals surface area contributed by atoms with Gasteiger partial charge in [-0.3, -0.25) is 0 Å². The summed E-state index contributed by atoms with van der Waals surface area (Å²) in [7, 11) is 0. The summed E-state index contributed by atoms with van der Waals surface area (Å²) < 4.78 is 10.6. The average Bonchev–Trinajstić information content (AvgIpc) is 2.60. The molecular formula is C19H29BrO4S. The summed E-state index contributed by atoms with van der Waals surface area (Å²) in [6.45, 7) is 3.47. The quantitative estimate of drug-likeness (QED) is 0.203. The number of alkyl halides is 1. The fourth-order valence-electron chi connectivity index (χ4n) is 2.55. The fourth-order valence-corrected chi connectivity index (χ4v) is 3.31. The first-order valence-electron chi connectivity index (χ1n) is 8.95. The number of carbonyl (C=O) groups is 1. The maximum absolute atomic E-state index is 11.7. The molecule has 1 unspecified atom stereocenters. The molecule has 0 aromatic carbocycles. The first-order valence-corrected chi connectivity index (χ1v) is 10.5. The molecule has 25 heavy (non-hydrogen) atoms. The molecule has 1 aliphatic carbocycles. The van der Waals surface area contributed by atoms with Gasteiger partial charge in [0.2, 0.25) is 0 Å². The Balaban J connectivity index is 2.03. The van der Waals surface area contributed by atoms with Crippen molar-refractivity contribution in [2.45, 2.75) is 57.5 Å². The topological polar surface area (TPSA) is 55.8 Å². The largest absolute Gasteiger partial charge is 0.464 e. The zero-order chi connectivity index (χ0) is 18.5. The van der Waals surface area contributed by atoms with Crippen LogP contribution in [0.5, 0.6) is 0 Å². The highest BCUT2D eigenvalue weighted by Gasteiger charge is 2.35. The van der Waals surface area contributed by atoms with Crippen LogP contribution in [0.2, 0.25) is 0 Å². The van der Waals surface area contributed by atoms with Crippen LogP contribution in [0.15, 0.2) is 23.8 Å². The lowest BCUT2D eigenvalue weighted by atomic mass is 9.98. The van der Waals surface area contributed by atoms with Crippen molar-refractivity contribution in [3.63, 3.8) is 0 Å². The first-order chi connectivity index (χ1) is 12.0. The molecule has 0 saturated carbocycles. The Hall–Kier alpha value is -0.560. The number of hydrogen-bond donors (Lipinski definition) is 1. The molecule has 0 heterocycles. The number of thiocarbonyl (C=S) groups is 1. The average molecular weight is 433 g/mol. The molecule has 1 atom stereocenters. The Morgan fingerprint density at radius 1 is 1.32 bits per heavy atom. The van der Waals surface area contributed by atoms with Crippen molar-refractivity contribution in [1.29, 1.82) is 0 Å². The maximum atomic E-state index is 11.7. The number of rotatable bonds is 13. The molecule has 0 saturated heterocycles. The number of halogens is 1. The molecule has 0 amide bonds. The number of carbonyl (C=O) groups excluding carboxylic acids is 1. The summed E-state index contributed by atoms with van der Waals surface area (Å²) in [4.78, 5) is 12.7. The van der Waals surface area contributed by atoms with Crippen molar-refractivity contribution in [2.24, 2.45) is 0 Å². The normalized spacial score (nSPS) is 16.4. The fraction of sp³-hybridized carbons (Fsp3) is 0.684. The van der Waals surface area contributed by atoms with Gasteiger partial charge in [-0.15, -0.1) is 0 Å². The van der Waals surface area contributed by atoms with Crippen LogP contribution in [0.1, 0.15) is 51.9 Å². The summed E-state index contributed by atoms with van der Waals surface area (Å²) >= 11 is 8.39. The van der Waals surface area contributed by atoms with Gasteiger partial charge in [0, 0.05) is 23.2 Å². The molecule has 0 aromatic rings. The number of ether oxygens (including phenoxy) is 2. The van der Waals surface area contributed by atoms with Gasteiger partial charge in [0.15, 0.2) is 5.60 Å². The maximum Gasteiger partial charge on any atom is 0.338 e. The molecule has 0 spiro atoms. The number of unbranched alkanes of at least 4 members (excludes halogenated alkanes) is 3. The van der Waals surface area contributed by atoms with E-state index < -0.39 is 11.6 Å². The molecule has 1 aliphatic rings. The summed E-state index contributed by atoms with van der Waals surface area (Å²) in [5.41, 5.74) is -0.168. The zero-order valence-electron chi connectivity index (χ0n) is 15.0. The highest BCUT2D eigenvalue weighted by atomic mass is 79.9. The minimum atomic E-state index is -1.41. The molecule has 1 rings (SSSR count). The zero-order valence-corrected chi connectivity index (χ0v) is 17.4. The van der Waals surface area contributed by atoms with Gasteiger partial charge in [0.05, 0.1) is 13.2 Å². The van der Waals surface area contributed by atoms with Crippen LogP contribution in [-0.2, 0) is 14.3 Å². The van der Waals surface area contributed by atoms with Gasteiger partial charge in [0.1, 0.15) is 0 Å². The molecule has 142 valence electrons. The van der Waals surface area contributed by atoms with E-state index in [0.29, 0.717) is 13.0 Å². The lowest BCUT2D eigenvalue weighted by Crippen LogP contribution is -2.41. The van der Waals surface area contributed by atoms with E-state index in [1.807, 2.05) is 0 Å². The van der Waals surface area contributed by atoms with E-state index in [1.54, 1.807) is 6.92 Å². The van der Waals surface area contributed by atoms with Gasteiger partial charge in [-0.05, 0) is 44.3 Å². The van der Waals surface area contributed by atoms with Gasteiger partial charge in [-0.25, -0.2) is 4.79 Å². The molecule has 0 fully saturated rings. The second kappa shape index (κ2) is 12.7. The minimum absolute atomic E-state index is 0.204. The SMILES string of the molecule is CCOC(=O)C(O)(CBr)CCCCCCOCCC1=CC(=S)CC=C1. The lowest BCUT2D eigenvalue weighted by Gasteiger charge is -2.23. The predicted octanol–water partition coefficient (Wildman–Crippen LogP) is 4.29. The van der Waals surface area contributed by atoms with Crippen LogP contribution < -0.4 is 0 Å². The van der Waals surface area contributed by atoms with Crippen molar-refractivity contribution in [3.05, 3.63) is 23.8 Å². The van der Waals surface area contributed by atoms with Crippen molar-refractivity contribution in [2.75, 3.05) is 25.2 Å². The Bertz CT molecular complexity index is 490. The monoisotopic (exact) mass is 432 g/mol. The van der Waals surface area contributed by atoms with E-state index in [4.69, 9.17) is 21.7 Å². The molecule has 0 bridgehead atoms. The van der Waals surface area contributed by atoms with E-state index in [2.05, 4.69) is 34.2 Å². The third-order valence-corrected chi connectivity index (χ3v) is 5.25. The van der Waals surface area contributed by atoms with Crippen LogP contribution in [0.4, 0.5) is 0 Å². The predicted molar refractivity (Wildman–Crippen MR) is 108 cm³/mol. The third-order valence-electron chi connectivity index (χ3n) is 4.04. The van der Waals surface area contributed by atoms with Gasteiger partial charge in [-0.2, -0.15) is 0 Å². The minimum Gasteiger partial charge on any atom is -0.464 e. The summed E-state index contributed by atoms with van der Waals surface area (Å²) in [5, 5.41) is 10.5. The van der Waals surface area contributed by atoms with Crippen LogP contribution >= 0.6 is 28.1 Å². The van der Waals surface area contributed by atoms with E-state index in [0.717, 1.165) is 50.0 Å². The van der Waals surface area contributed by atoms with E-state index in [1.165, 1.54) is 5.57 Å². The van der Waals surface area contributed by atoms with Crippen molar-refractivity contribution in [1.82, 2.24) is 0 Å². The third kappa shape index (κ3) is 9.08. The number of aliphatic hydroxyl groups is 1. The first kappa shape index (κ1) is 22.5. The standard InChI is InChI=1S/C19H29BrO4S/c1-2-24-18(21)19(22,15-20)11-5-3-4-6-12-23-13-10-16-8-7-9-17(25)14-16/h7-8,14,22H,2-6,9-13,15H2,1H3. The Labute approximate surface area is 164 Å². The smallest absolute Gasteiger partial charge is 0.338 e. The number of allylic oxidation sites excluding steroid dienone is 3. The Morgan fingerprint density at radius 3 is 2.76 bits per heavy atom. The Kier molecular flexibility index (Phi) is 11.5. The van der Waals surface area contributed by atoms with Gasteiger partial charge in [-0.1, -0.05) is 53.1 Å². The van der Waals surface area contributed by atoms with Gasteiger partial charge < -0.3 is 14.6 Å². The summed E-state index contributed by atoms with van der Waals surface area (Å²) in [5.74, 6) is -0.541. The van der Waals surface area contributed by atoms with Crippen LogP contribution in [-0.4, -0.2) is 46.7 Å². The van der Waals surface area contributed by atoms with Crippen LogP contribution in [0, 0.1) is 0 Å². The number of esters is 1. The second-order valence-electron chi connectivity index (χ2n) is 6.20. The Morgan fingerprint density at radius 2 is 2.08 bits per heavy atom. The molecule has 0 aliphatic heterocycles. The highest BCUT2D eigenvalue weighted by molar-refractivity contribution is 9.09. The van der Waals surface area contributed by atoms with E-state index in [9.17, 15) is 9.90 Å². The second-order valence-corrected chi connectivity index (χ2v) is 7.29. The summed E-state index contributed by atoms with van der Waals surface area (Å²) in [6, 6.07) is 0. The lowest BCUT2D eigenvalue weighted by molar-refractivity contribution is -0.163. The van der Waals surface area contributed by atoms with Gasteiger partial charge >= 0.3 is 5.97 Å². The van der Waals surface area contributed by atoms with Crippen molar-refractivity contribution >= 4 is 39.0 Å². The number of hydrogen-bond acceptors (Lipinski definition) is 5. The van der Waals surface area contributed by atoms with Crippen LogP contribution in [0.3, 0.4) is 0 Å². The van der Waals surface area contributed by atoms with E-state index in [-0.39, 0.29) is 11.9 Å².